The van der Waals surface area contributed by atoms with Gasteiger partial charge in [0.05, 0.1) is 11.7 Å². The van der Waals surface area contributed by atoms with Crippen molar-refractivity contribution in [3.05, 3.63) is 53.4 Å². The zero-order chi connectivity index (χ0) is 21.8. The van der Waals surface area contributed by atoms with Crippen molar-refractivity contribution in [2.45, 2.75) is 38.8 Å². The molecule has 2 fully saturated rings. The van der Waals surface area contributed by atoms with E-state index in [1.165, 1.54) is 19.2 Å². The van der Waals surface area contributed by atoms with E-state index in [9.17, 15) is 9.59 Å². The van der Waals surface area contributed by atoms with Crippen molar-refractivity contribution in [1.82, 2.24) is 25.2 Å². The molecule has 1 aliphatic carbocycles. The van der Waals surface area contributed by atoms with E-state index >= 15 is 0 Å². The van der Waals surface area contributed by atoms with Gasteiger partial charge in [-0.05, 0) is 30.9 Å². The lowest BCUT2D eigenvalue weighted by atomic mass is 10.0. The molecule has 1 aliphatic heterocycles. The van der Waals surface area contributed by atoms with E-state index in [0.29, 0.717) is 37.3 Å². The van der Waals surface area contributed by atoms with Crippen LogP contribution < -0.4 is 15.8 Å². The number of anilines is 1. The minimum absolute atomic E-state index is 0.0248. The number of carbonyl (C=O) groups is 1. The quantitative estimate of drug-likeness (QED) is 0.599. The maximum atomic E-state index is 12.7. The first-order valence-corrected chi connectivity index (χ1v) is 11.0. The molecule has 4 rings (SSSR count). The van der Waals surface area contributed by atoms with E-state index in [4.69, 9.17) is 0 Å². The minimum atomic E-state index is -0.108. The molecule has 2 N–H and O–H groups in total. The Morgan fingerprint density at radius 2 is 2.19 bits per heavy atom. The highest BCUT2D eigenvalue weighted by Gasteiger charge is 2.37. The Bertz CT molecular complexity index is 977. The highest BCUT2D eigenvalue weighted by molar-refractivity contribution is 5.88. The first-order chi connectivity index (χ1) is 15.0. The summed E-state index contributed by atoms with van der Waals surface area (Å²) in [4.78, 5) is 40.3. The number of nitrogens with one attached hydrogen (secondary N) is 2. The largest absolute Gasteiger partial charge is 0.360 e. The first-order valence-electron chi connectivity index (χ1n) is 11.0. The van der Waals surface area contributed by atoms with E-state index < -0.39 is 0 Å². The summed E-state index contributed by atoms with van der Waals surface area (Å²) in [5, 5.41) is 3.26. The Kier molecular flexibility index (Phi) is 6.46. The average molecular weight is 423 g/mol. The summed E-state index contributed by atoms with van der Waals surface area (Å²) in [6.07, 6.45) is 10.8. The number of hydrogen-bond donors (Lipinski definition) is 2. The fourth-order valence-electron chi connectivity index (χ4n) is 3.72. The van der Waals surface area contributed by atoms with Gasteiger partial charge in [0.2, 0.25) is 5.91 Å². The van der Waals surface area contributed by atoms with Gasteiger partial charge in [0.1, 0.15) is 12.0 Å². The number of pyridine rings is 1. The van der Waals surface area contributed by atoms with Gasteiger partial charge in [0.25, 0.3) is 5.56 Å². The third kappa shape index (κ3) is 5.38. The van der Waals surface area contributed by atoms with Gasteiger partial charge in [0.15, 0.2) is 0 Å². The lowest BCUT2D eigenvalue weighted by Gasteiger charge is -2.46. The number of aromatic nitrogens is 3. The average Bonchev–Trinajstić information content (AvgIpc) is 3.54. The standard InChI is InChI=1S/C23H30N6O2/c1-16(2)25-8-3-4-22(30)28-13-19(14-28)29(12-17-5-6-17)21-10-18(11-26-23(21)31)20-7-9-24-15-27-20/h3-4,7,9-11,15-17,19,25H,5-6,8,12-14H2,1-2H3,(H,26,31)/b4-3+. The van der Waals surface area contributed by atoms with Gasteiger partial charge in [0, 0.05) is 56.3 Å². The molecule has 8 heteroatoms. The normalized spacial score (nSPS) is 16.7. The Morgan fingerprint density at radius 3 is 2.87 bits per heavy atom. The number of carbonyl (C=O) groups excluding carboxylic acids is 1. The van der Waals surface area contributed by atoms with Crippen LogP contribution in [0.15, 0.2) is 47.8 Å². The molecular formula is C23H30N6O2. The Morgan fingerprint density at radius 1 is 1.39 bits per heavy atom. The zero-order valence-electron chi connectivity index (χ0n) is 18.1. The molecule has 0 unspecified atom stereocenters. The van der Waals surface area contributed by atoms with Crippen LogP contribution in [0.2, 0.25) is 0 Å². The van der Waals surface area contributed by atoms with Crippen LogP contribution in [0.4, 0.5) is 5.69 Å². The molecule has 2 aromatic rings. The summed E-state index contributed by atoms with van der Waals surface area (Å²) >= 11 is 0. The Labute approximate surface area is 182 Å². The molecule has 1 amide bonds. The van der Waals surface area contributed by atoms with E-state index in [1.807, 2.05) is 23.1 Å². The number of hydrogen-bond acceptors (Lipinski definition) is 6. The van der Waals surface area contributed by atoms with Crippen LogP contribution in [-0.4, -0.2) is 64.0 Å². The maximum Gasteiger partial charge on any atom is 0.271 e. The van der Waals surface area contributed by atoms with Crippen LogP contribution in [0.3, 0.4) is 0 Å². The van der Waals surface area contributed by atoms with Crippen LogP contribution >= 0.6 is 0 Å². The van der Waals surface area contributed by atoms with Crippen LogP contribution in [0.1, 0.15) is 26.7 Å². The smallest absolute Gasteiger partial charge is 0.271 e. The molecule has 2 aromatic heterocycles. The van der Waals surface area contributed by atoms with E-state index in [1.54, 1.807) is 18.5 Å². The molecule has 0 aromatic carbocycles. The van der Waals surface area contributed by atoms with E-state index in [2.05, 4.69) is 39.0 Å². The van der Waals surface area contributed by atoms with Gasteiger partial charge >= 0.3 is 0 Å². The maximum absolute atomic E-state index is 12.7. The highest BCUT2D eigenvalue weighted by Crippen LogP contribution is 2.33. The number of aromatic amines is 1. The second kappa shape index (κ2) is 9.43. The molecule has 3 heterocycles. The van der Waals surface area contributed by atoms with Crippen LogP contribution in [0, 0.1) is 5.92 Å². The fourth-order valence-corrected chi connectivity index (χ4v) is 3.72. The van der Waals surface area contributed by atoms with Crippen molar-refractivity contribution in [3.8, 4) is 11.3 Å². The number of nitrogens with zero attached hydrogens (tertiary/aromatic N) is 4. The molecule has 0 atom stereocenters. The third-order valence-electron chi connectivity index (χ3n) is 5.74. The van der Waals surface area contributed by atoms with E-state index in [0.717, 1.165) is 17.8 Å². The minimum Gasteiger partial charge on any atom is -0.360 e. The molecule has 1 saturated heterocycles. The molecule has 0 bridgehead atoms. The predicted molar refractivity (Wildman–Crippen MR) is 121 cm³/mol. The van der Waals surface area contributed by atoms with E-state index in [-0.39, 0.29) is 17.5 Å². The van der Waals surface area contributed by atoms with Crippen molar-refractivity contribution in [2.24, 2.45) is 5.92 Å². The van der Waals surface area contributed by atoms with Crippen molar-refractivity contribution in [3.63, 3.8) is 0 Å². The number of H-pyrrole nitrogens is 1. The van der Waals surface area contributed by atoms with Gasteiger partial charge in [-0.15, -0.1) is 0 Å². The monoisotopic (exact) mass is 422 g/mol. The zero-order valence-corrected chi connectivity index (χ0v) is 18.1. The lowest BCUT2D eigenvalue weighted by molar-refractivity contribution is -0.130. The SMILES string of the molecule is CC(C)NC/C=C/C(=O)N1CC(N(CC2CC2)c2cc(-c3ccncn3)c[nH]c2=O)C1. The highest BCUT2D eigenvalue weighted by atomic mass is 16.2. The van der Waals surface area contributed by atoms with Gasteiger partial charge in [-0.3, -0.25) is 9.59 Å². The van der Waals surface area contributed by atoms with Crippen molar-refractivity contribution in [2.75, 3.05) is 31.1 Å². The molecule has 164 valence electrons. The number of likely N-dealkylation sites (tertiary alicyclic amines) is 1. The molecule has 2 aliphatic rings. The lowest BCUT2D eigenvalue weighted by Crippen LogP contribution is -2.62. The van der Waals surface area contributed by atoms with Crippen molar-refractivity contribution in [1.29, 1.82) is 0 Å². The summed E-state index contributed by atoms with van der Waals surface area (Å²) in [5.41, 5.74) is 2.16. The van der Waals surface area contributed by atoms with Crippen LogP contribution in [0.25, 0.3) is 11.3 Å². The topological polar surface area (TPSA) is 94.2 Å². The summed E-state index contributed by atoms with van der Waals surface area (Å²) in [6.45, 7) is 6.93. The molecule has 0 radical (unpaired) electrons. The van der Waals surface area contributed by atoms with Crippen molar-refractivity contribution >= 4 is 11.6 Å². The second-order valence-electron chi connectivity index (χ2n) is 8.66. The van der Waals surface area contributed by atoms with Crippen LogP contribution in [-0.2, 0) is 4.79 Å². The molecule has 1 saturated carbocycles. The summed E-state index contributed by atoms with van der Waals surface area (Å²) in [7, 11) is 0. The predicted octanol–water partition coefficient (Wildman–Crippen LogP) is 1.81. The van der Waals surface area contributed by atoms with Crippen LogP contribution in [0.5, 0.6) is 0 Å². The van der Waals surface area contributed by atoms with Gasteiger partial charge in [-0.1, -0.05) is 19.9 Å². The van der Waals surface area contributed by atoms with Gasteiger partial charge < -0.3 is 20.1 Å². The van der Waals surface area contributed by atoms with Crippen molar-refractivity contribution < 1.29 is 4.79 Å². The summed E-state index contributed by atoms with van der Waals surface area (Å²) < 4.78 is 0. The summed E-state index contributed by atoms with van der Waals surface area (Å²) in [6, 6.07) is 4.27. The number of amides is 1. The summed E-state index contributed by atoms with van der Waals surface area (Å²) in [5.74, 6) is 0.644. The number of rotatable bonds is 9. The molecule has 31 heavy (non-hydrogen) atoms. The Hall–Kier alpha value is -3.00. The molecule has 8 nitrogen and oxygen atoms in total. The first kappa shape index (κ1) is 21.2. The Balaban J connectivity index is 1.46. The third-order valence-corrected chi connectivity index (χ3v) is 5.74. The van der Waals surface area contributed by atoms with Gasteiger partial charge in [-0.25, -0.2) is 9.97 Å². The second-order valence-corrected chi connectivity index (χ2v) is 8.66. The molecular weight excluding hydrogens is 392 g/mol. The molecule has 0 spiro atoms. The fraction of sp³-hybridized carbons (Fsp3) is 0.478. The van der Waals surface area contributed by atoms with Gasteiger partial charge in [-0.2, -0.15) is 0 Å².